The van der Waals surface area contributed by atoms with Crippen LogP contribution in [0.1, 0.15) is 43.9 Å². The van der Waals surface area contributed by atoms with Crippen LogP contribution in [0.25, 0.3) is 0 Å². The van der Waals surface area contributed by atoms with E-state index in [0.29, 0.717) is 18.6 Å². The number of aliphatic hydroxyl groups is 1. The van der Waals surface area contributed by atoms with Gasteiger partial charge < -0.3 is 10.4 Å². The Labute approximate surface area is 105 Å². The van der Waals surface area contributed by atoms with E-state index in [9.17, 15) is 0 Å². The molecule has 0 aliphatic carbocycles. The Morgan fingerprint density at radius 2 is 2.06 bits per heavy atom. The fourth-order valence-corrected chi connectivity index (χ4v) is 1.92. The highest BCUT2D eigenvalue weighted by atomic mass is 16.3. The first kappa shape index (κ1) is 14.2. The molecule has 0 amide bonds. The van der Waals surface area contributed by atoms with Crippen molar-refractivity contribution >= 4 is 0 Å². The molecule has 2 atom stereocenters. The van der Waals surface area contributed by atoms with Gasteiger partial charge in [-0.25, -0.2) is 0 Å². The first-order valence-corrected chi connectivity index (χ1v) is 6.54. The second-order valence-corrected chi connectivity index (χ2v) is 5.02. The second kappa shape index (κ2) is 7.46. The summed E-state index contributed by atoms with van der Waals surface area (Å²) < 4.78 is 0. The number of aryl methyl sites for hydroxylation is 1. The van der Waals surface area contributed by atoms with Crippen molar-refractivity contribution in [2.24, 2.45) is 5.92 Å². The molecule has 0 aliphatic heterocycles. The summed E-state index contributed by atoms with van der Waals surface area (Å²) in [5.41, 5.74) is 2.66. The largest absolute Gasteiger partial charge is 0.396 e. The van der Waals surface area contributed by atoms with Crippen molar-refractivity contribution in [3.63, 3.8) is 0 Å². The lowest BCUT2D eigenvalue weighted by molar-refractivity contribution is 0.227. The van der Waals surface area contributed by atoms with Gasteiger partial charge in [-0.1, -0.05) is 36.8 Å². The van der Waals surface area contributed by atoms with Crippen molar-refractivity contribution in [3.05, 3.63) is 35.4 Å². The van der Waals surface area contributed by atoms with Crippen molar-refractivity contribution < 1.29 is 5.11 Å². The molecule has 2 N–H and O–H groups in total. The van der Waals surface area contributed by atoms with E-state index in [1.165, 1.54) is 11.1 Å². The van der Waals surface area contributed by atoms with Crippen molar-refractivity contribution in [1.29, 1.82) is 0 Å². The SMILES string of the molecule is Cc1cccc(C(C)NCCCC(C)CO)c1. The summed E-state index contributed by atoms with van der Waals surface area (Å²) >= 11 is 0. The topological polar surface area (TPSA) is 32.3 Å². The molecule has 0 radical (unpaired) electrons. The van der Waals surface area contributed by atoms with Crippen LogP contribution in [-0.2, 0) is 0 Å². The minimum atomic E-state index is 0.299. The standard InChI is InChI=1S/C15H25NO/c1-12-6-4-8-15(10-12)14(3)16-9-5-7-13(2)11-17/h4,6,8,10,13-14,16-17H,5,7,9,11H2,1-3H3. The quantitative estimate of drug-likeness (QED) is 0.712. The molecule has 0 spiro atoms. The van der Waals surface area contributed by atoms with E-state index in [1.807, 2.05) is 0 Å². The van der Waals surface area contributed by atoms with Gasteiger partial charge in [0.15, 0.2) is 0 Å². The van der Waals surface area contributed by atoms with Crippen molar-refractivity contribution in [2.45, 2.75) is 39.7 Å². The second-order valence-electron chi connectivity index (χ2n) is 5.02. The zero-order valence-electron chi connectivity index (χ0n) is 11.2. The molecule has 0 fully saturated rings. The first-order valence-electron chi connectivity index (χ1n) is 6.54. The monoisotopic (exact) mass is 235 g/mol. The summed E-state index contributed by atoms with van der Waals surface area (Å²) in [4.78, 5) is 0. The summed E-state index contributed by atoms with van der Waals surface area (Å²) in [6.45, 7) is 7.72. The van der Waals surface area contributed by atoms with Gasteiger partial charge >= 0.3 is 0 Å². The van der Waals surface area contributed by atoms with Crippen LogP contribution in [0.3, 0.4) is 0 Å². The normalized spacial score (nSPS) is 14.6. The highest BCUT2D eigenvalue weighted by molar-refractivity contribution is 5.24. The molecule has 1 aromatic rings. The highest BCUT2D eigenvalue weighted by Gasteiger charge is 2.05. The van der Waals surface area contributed by atoms with E-state index in [-0.39, 0.29) is 0 Å². The fourth-order valence-electron chi connectivity index (χ4n) is 1.92. The molecule has 2 unspecified atom stereocenters. The molecular formula is C15H25NO. The molecule has 2 nitrogen and oxygen atoms in total. The summed E-state index contributed by atoms with van der Waals surface area (Å²) in [6.07, 6.45) is 2.21. The number of hydrogen-bond donors (Lipinski definition) is 2. The van der Waals surface area contributed by atoms with Crippen LogP contribution in [0.15, 0.2) is 24.3 Å². The molecule has 0 aliphatic rings. The molecule has 96 valence electrons. The molecule has 1 aromatic carbocycles. The zero-order valence-corrected chi connectivity index (χ0v) is 11.2. The third-order valence-corrected chi connectivity index (χ3v) is 3.18. The predicted molar refractivity (Wildman–Crippen MR) is 73.1 cm³/mol. The van der Waals surface area contributed by atoms with Crippen LogP contribution in [0.5, 0.6) is 0 Å². The van der Waals surface area contributed by atoms with Gasteiger partial charge in [-0.15, -0.1) is 0 Å². The fraction of sp³-hybridized carbons (Fsp3) is 0.600. The van der Waals surface area contributed by atoms with Crippen LogP contribution >= 0.6 is 0 Å². The van der Waals surface area contributed by atoms with Crippen LogP contribution in [0.4, 0.5) is 0 Å². The molecule has 0 heterocycles. The van der Waals surface area contributed by atoms with Gasteiger partial charge in [-0.3, -0.25) is 0 Å². The molecule has 0 saturated heterocycles. The van der Waals surface area contributed by atoms with Gasteiger partial charge in [0.25, 0.3) is 0 Å². The van der Waals surface area contributed by atoms with Crippen LogP contribution in [-0.4, -0.2) is 18.3 Å². The highest BCUT2D eigenvalue weighted by Crippen LogP contribution is 2.14. The number of rotatable bonds is 7. The van der Waals surface area contributed by atoms with Crippen molar-refractivity contribution in [2.75, 3.05) is 13.2 Å². The van der Waals surface area contributed by atoms with E-state index in [0.717, 1.165) is 19.4 Å². The molecule has 17 heavy (non-hydrogen) atoms. The van der Waals surface area contributed by atoms with E-state index in [1.54, 1.807) is 0 Å². The van der Waals surface area contributed by atoms with Crippen LogP contribution < -0.4 is 5.32 Å². The number of hydrogen-bond acceptors (Lipinski definition) is 2. The summed E-state index contributed by atoms with van der Waals surface area (Å²) in [6, 6.07) is 9.03. The molecule has 0 saturated carbocycles. The van der Waals surface area contributed by atoms with Crippen molar-refractivity contribution in [3.8, 4) is 0 Å². The molecule has 0 aromatic heterocycles. The van der Waals surface area contributed by atoms with E-state index in [2.05, 4.69) is 50.4 Å². The van der Waals surface area contributed by atoms with Crippen molar-refractivity contribution in [1.82, 2.24) is 5.32 Å². The molecule has 2 heteroatoms. The van der Waals surface area contributed by atoms with Crippen LogP contribution in [0, 0.1) is 12.8 Å². The van der Waals surface area contributed by atoms with E-state index in [4.69, 9.17) is 5.11 Å². The third kappa shape index (κ3) is 5.33. The number of aliphatic hydroxyl groups excluding tert-OH is 1. The summed E-state index contributed by atoms with van der Waals surface area (Å²) in [5.74, 6) is 0.422. The van der Waals surface area contributed by atoms with E-state index < -0.39 is 0 Å². The smallest absolute Gasteiger partial charge is 0.0456 e. The Morgan fingerprint density at radius 3 is 2.71 bits per heavy atom. The van der Waals surface area contributed by atoms with Gasteiger partial charge in [0.1, 0.15) is 0 Å². The maximum Gasteiger partial charge on any atom is 0.0456 e. The molecule has 0 bridgehead atoms. The van der Waals surface area contributed by atoms with Gasteiger partial charge in [-0.05, 0) is 44.7 Å². The average Bonchev–Trinajstić information content (AvgIpc) is 2.34. The maximum absolute atomic E-state index is 8.93. The first-order chi connectivity index (χ1) is 8.13. The third-order valence-electron chi connectivity index (χ3n) is 3.18. The zero-order chi connectivity index (χ0) is 12.7. The Morgan fingerprint density at radius 1 is 1.29 bits per heavy atom. The molecule has 1 rings (SSSR count). The number of nitrogens with one attached hydrogen (secondary N) is 1. The average molecular weight is 235 g/mol. The summed E-state index contributed by atoms with van der Waals surface area (Å²) in [7, 11) is 0. The number of benzene rings is 1. The Kier molecular flexibility index (Phi) is 6.23. The maximum atomic E-state index is 8.93. The molecular weight excluding hydrogens is 210 g/mol. The summed E-state index contributed by atoms with van der Waals surface area (Å²) in [5, 5.41) is 12.5. The minimum Gasteiger partial charge on any atom is -0.396 e. The lowest BCUT2D eigenvalue weighted by atomic mass is 10.0. The Bertz CT molecular complexity index is 324. The van der Waals surface area contributed by atoms with Gasteiger partial charge in [0, 0.05) is 12.6 Å². The van der Waals surface area contributed by atoms with Gasteiger partial charge in [-0.2, -0.15) is 0 Å². The Balaban J connectivity index is 2.28. The van der Waals surface area contributed by atoms with Crippen LogP contribution in [0.2, 0.25) is 0 Å². The predicted octanol–water partition coefficient (Wildman–Crippen LogP) is 3.05. The Hall–Kier alpha value is -0.860. The lowest BCUT2D eigenvalue weighted by Crippen LogP contribution is -2.20. The minimum absolute atomic E-state index is 0.299. The van der Waals surface area contributed by atoms with Gasteiger partial charge in [0.2, 0.25) is 0 Å². The lowest BCUT2D eigenvalue weighted by Gasteiger charge is -2.15. The van der Waals surface area contributed by atoms with E-state index >= 15 is 0 Å². The van der Waals surface area contributed by atoms with Gasteiger partial charge in [0.05, 0.1) is 0 Å².